The van der Waals surface area contributed by atoms with E-state index in [9.17, 15) is 14.9 Å². The number of para-hydroxylation sites is 1. The van der Waals surface area contributed by atoms with Gasteiger partial charge in [-0.3, -0.25) is 4.79 Å². The highest BCUT2D eigenvalue weighted by Crippen LogP contribution is 2.31. The SMILES string of the molecule is CCOc1cc(/C=C(\C#N)C(=O)NCc2ccco2)ccc1OC(=O)c1cc2ccccc2o1. The predicted octanol–water partition coefficient (Wildman–Crippen LogP) is 4.87. The van der Waals surface area contributed by atoms with Crippen LogP contribution in [0.25, 0.3) is 17.0 Å². The number of fused-ring (bicyclic) bond motifs is 1. The first-order valence-corrected chi connectivity index (χ1v) is 10.5. The molecule has 170 valence electrons. The Morgan fingerprint density at radius 2 is 1.94 bits per heavy atom. The summed E-state index contributed by atoms with van der Waals surface area (Å²) in [5.41, 5.74) is 1.01. The van der Waals surface area contributed by atoms with Crippen LogP contribution in [0.2, 0.25) is 0 Å². The highest BCUT2D eigenvalue weighted by Gasteiger charge is 2.18. The van der Waals surface area contributed by atoms with Gasteiger partial charge >= 0.3 is 5.97 Å². The van der Waals surface area contributed by atoms with Gasteiger partial charge in [0.25, 0.3) is 5.91 Å². The minimum absolute atomic E-state index is 0.0626. The first kappa shape index (κ1) is 22.4. The molecule has 4 rings (SSSR count). The molecule has 1 N–H and O–H groups in total. The zero-order valence-corrected chi connectivity index (χ0v) is 18.2. The van der Waals surface area contributed by atoms with Crippen LogP contribution >= 0.6 is 0 Å². The van der Waals surface area contributed by atoms with Crippen LogP contribution in [-0.4, -0.2) is 18.5 Å². The Bertz CT molecular complexity index is 1360. The minimum atomic E-state index is -0.671. The summed E-state index contributed by atoms with van der Waals surface area (Å²) < 4.78 is 21.8. The van der Waals surface area contributed by atoms with E-state index in [2.05, 4.69) is 5.32 Å². The highest BCUT2D eigenvalue weighted by atomic mass is 16.6. The molecule has 34 heavy (non-hydrogen) atoms. The van der Waals surface area contributed by atoms with Gasteiger partial charge in [0.2, 0.25) is 5.76 Å². The number of esters is 1. The number of rotatable bonds is 8. The molecule has 2 aromatic carbocycles. The van der Waals surface area contributed by atoms with Gasteiger partial charge in [-0.1, -0.05) is 24.3 Å². The number of amides is 1. The first-order chi connectivity index (χ1) is 16.6. The summed E-state index contributed by atoms with van der Waals surface area (Å²) in [5, 5.41) is 12.8. The Labute approximate surface area is 195 Å². The maximum Gasteiger partial charge on any atom is 0.379 e. The molecular weight excluding hydrogens is 436 g/mol. The zero-order valence-electron chi connectivity index (χ0n) is 18.2. The third-order valence-corrected chi connectivity index (χ3v) is 4.78. The van der Waals surface area contributed by atoms with Crippen LogP contribution in [0.1, 0.15) is 28.8 Å². The molecule has 0 radical (unpaired) electrons. The van der Waals surface area contributed by atoms with Gasteiger partial charge in [0, 0.05) is 5.39 Å². The second-order valence-corrected chi connectivity index (χ2v) is 7.11. The number of carbonyl (C=O) groups excluding carboxylic acids is 2. The van der Waals surface area contributed by atoms with Crippen LogP contribution in [0, 0.1) is 11.3 Å². The topological polar surface area (TPSA) is 115 Å². The van der Waals surface area contributed by atoms with Crippen molar-refractivity contribution in [3.05, 3.63) is 89.6 Å². The molecule has 2 heterocycles. The standard InChI is InChI=1S/C26H20N2O6/c1-2-31-23-13-17(12-19(15-27)25(29)28-16-20-7-5-11-32-20)9-10-22(23)34-26(30)24-14-18-6-3-4-8-21(18)33-24/h3-14H,2,16H2,1H3,(H,28,29)/b19-12+. The molecule has 0 saturated heterocycles. The summed E-state index contributed by atoms with van der Waals surface area (Å²) in [6, 6.07) is 18.9. The molecule has 0 aliphatic heterocycles. The normalized spacial score (nSPS) is 11.1. The summed E-state index contributed by atoms with van der Waals surface area (Å²) in [4.78, 5) is 25.0. The smallest absolute Gasteiger partial charge is 0.379 e. The maximum atomic E-state index is 12.6. The Morgan fingerprint density at radius 1 is 1.09 bits per heavy atom. The number of hydrogen-bond donors (Lipinski definition) is 1. The first-order valence-electron chi connectivity index (χ1n) is 10.5. The van der Waals surface area contributed by atoms with Gasteiger partial charge in [-0.25, -0.2) is 4.79 Å². The fraction of sp³-hybridized carbons (Fsp3) is 0.115. The van der Waals surface area contributed by atoms with E-state index in [4.69, 9.17) is 18.3 Å². The lowest BCUT2D eigenvalue weighted by Crippen LogP contribution is -2.23. The molecule has 1 amide bonds. The third-order valence-electron chi connectivity index (χ3n) is 4.78. The largest absolute Gasteiger partial charge is 0.490 e. The van der Waals surface area contributed by atoms with E-state index < -0.39 is 11.9 Å². The van der Waals surface area contributed by atoms with Gasteiger partial charge in [0.15, 0.2) is 11.5 Å². The molecule has 0 bridgehead atoms. The Kier molecular flexibility index (Phi) is 6.75. The van der Waals surface area contributed by atoms with E-state index in [-0.39, 0.29) is 29.4 Å². The molecule has 4 aromatic rings. The zero-order chi connectivity index (χ0) is 23.9. The number of nitrogens with one attached hydrogen (secondary N) is 1. The minimum Gasteiger partial charge on any atom is -0.490 e. The quantitative estimate of drug-likeness (QED) is 0.174. The van der Waals surface area contributed by atoms with Crippen LogP contribution in [0.4, 0.5) is 0 Å². The van der Waals surface area contributed by atoms with Crippen molar-refractivity contribution in [3.63, 3.8) is 0 Å². The fourth-order valence-corrected chi connectivity index (χ4v) is 3.19. The molecule has 0 atom stereocenters. The average Bonchev–Trinajstić information content (AvgIpc) is 3.52. The van der Waals surface area contributed by atoms with E-state index in [1.54, 1.807) is 43.3 Å². The number of ether oxygens (including phenoxy) is 2. The molecule has 0 unspecified atom stereocenters. The summed E-state index contributed by atoms with van der Waals surface area (Å²) >= 11 is 0. The summed E-state index contributed by atoms with van der Waals surface area (Å²) in [6.07, 6.45) is 2.92. The average molecular weight is 456 g/mol. The number of nitriles is 1. The van der Waals surface area contributed by atoms with Gasteiger partial charge in [-0.05, 0) is 55.0 Å². The Hall–Kier alpha value is -4.77. The molecule has 8 nitrogen and oxygen atoms in total. The molecule has 0 saturated carbocycles. The molecule has 0 spiro atoms. The van der Waals surface area contributed by atoms with Crippen molar-refractivity contribution in [1.29, 1.82) is 5.26 Å². The lowest BCUT2D eigenvalue weighted by Gasteiger charge is -2.11. The van der Waals surface area contributed by atoms with Gasteiger partial charge in [0.05, 0.1) is 19.4 Å². The molecular formula is C26H20N2O6. The van der Waals surface area contributed by atoms with Crippen molar-refractivity contribution in [2.75, 3.05) is 6.61 Å². The molecule has 0 fully saturated rings. The highest BCUT2D eigenvalue weighted by molar-refractivity contribution is 6.01. The van der Waals surface area contributed by atoms with Gasteiger partial charge < -0.3 is 23.6 Å². The van der Waals surface area contributed by atoms with Gasteiger partial charge in [0.1, 0.15) is 23.0 Å². The van der Waals surface area contributed by atoms with Crippen molar-refractivity contribution >= 4 is 28.9 Å². The number of nitrogens with zero attached hydrogens (tertiary/aromatic N) is 1. The van der Waals surface area contributed by atoms with E-state index >= 15 is 0 Å². The van der Waals surface area contributed by atoms with Crippen molar-refractivity contribution < 1.29 is 27.9 Å². The number of hydrogen-bond acceptors (Lipinski definition) is 7. The lowest BCUT2D eigenvalue weighted by atomic mass is 10.1. The summed E-state index contributed by atoms with van der Waals surface area (Å²) in [5.74, 6) is -0.112. The van der Waals surface area contributed by atoms with Crippen LogP contribution < -0.4 is 14.8 Å². The monoisotopic (exact) mass is 456 g/mol. The lowest BCUT2D eigenvalue weighted by molar-refractivity contribution is -0.117. The van der Waals surface area contributed by atoms with E-state index in [1.807, 2.05) is 24.3 Å². The number of furan rings is 2. The van der Waals surface area contributed by atoms with Crippen LogP contribution in [0.3, 0.4) is 0 Å². The molecule has 2 aromatic heterocycles. The van der Waals surface area contributed by atoms with Crippen LogP contribution in [0.5, 0.6) is 11.5 Å². The van der Waals surface area contributed by atoms with E-state index in [0.29, 0.717) is 23.5 Å². The maximum absolute atomic E-state index is 12.6. The Balaban J connectivity index is 1.52. The summed E-state index contributed by atoms with van der Waals surface area (Å²) in [7, 11) is 0. The van der Waals surface area contributed by atoms with Gasteiger partial charge in [-0.15, -0.1) is 0 Å². The van der Waals surface area contributed by atoms with Crippen molar-refractivity contribution in [1.82, 2.24) is 5.32 Å². The predicted molar refractivity (Wildman–Crippen MR) is 123 cm³/mol. The Morgan fingerprint density at radius 3 is 2.68 bits per heavy atom. The van der Waals surface area contributed by atoms with Crippen LogP contribution in [-0.2, 0) is 11.3 Å². The molecule has 0 aliphatic rings. The summed E-state index contributed by atoms with van der Waals surface area (Å²) in [6.45, 7) is 2.26. The van der Waals surface area contributed by atoms with E-state index in [0.717, 1.165) is 5.39 Å². The second-order valence-electron chi connectivity index (χ2n) is 7.11. The third kappa shape index (κ3) is 5.16. The molecule has 0 aliphatic carbocycles. The van der Waals surface area contributed by atoms with Crippen molar-refractivity contribution in [2.24, 2.45) is 0 Å². The second kappa shape index (κ2) is 10.2. The van der Waals surface area contributed by atoms with Crippen LogP contribution in [0.15, 0.2) is 81.3 Å². The van der Waals surface area contributed by atoms with Crippen molar-refractivity contribution in [3.8, 4) is 17.6 Å². The number of benzene rings is 2. The van der Waals surface area contributed by atoms with Gasteiger partial charge in [-0.2, -0.15) is 5.26 Å². The molecule has 8 heteroatoms. The fourth-order valence-electron chi connectivity index (χ4n) is 3.19. The van der Waals surface area contributed by atoms with Crippen molar-refractivity contribution in [2.45, 2.75) is 13.5 Å². The van der Waals surface area contributed by atoms with E-state index in [1.165, 1.54) is 18.4 Å². The number of carbonyl (C=O) groups is 2.